The van der Waals surface area contributed by atoms with Gasteiger partial charge >= 0.3 is 0 Å². The number of benzene rings is 5. The number of hydrogen-bond acceptors (Lipinski definition) is 2. The Morgan fingerprint density at radius 3 is 2.11 bits per heavy atom. The molecule has 2 nitrogen and oxygen atoms in total. The van der Waals surface area contributed by atoms with Crippen molar-refractivity contribution in [3.05, 3.63) is 136 Å². The van der Waals surface area contributed by atoms with Crippen LogP contribution in [0.2, 0.25) is 0 Å². The standard InChI is InChI=1S/C36H30O2/c1-23-8-13-26(14-9-23)36(27-15-10-24(2)11-16-27)21-20-32-30-18-12-25-6-4-5-7-29(25)34(30)31-19-17-28(37-3)22-33(31)35(32)38-36/h4-11,13-17,19-22H,12,18H2,1-3H3. The Labute approximate surface area is 224 Å². The molecular weight excluding hydrogens is 464 g/mol. The van der Waals surface area contributed by atoms with Crippen molar-refractivity contribution in [2.75, 3.05) is 7.11 Å². The third-order valence-corrected chi connectivity index (χ3v) is 8.25. The fraction of sp³-hybridized carbons (Fsp3) is 0.167. The number of ether oxygens (including phenoxy) is 2. The highest BCUT2D eigenvalue weighted by Crippen LogP contribution is 2.51. The smallest absolute Gasteiger partial charge is 0.178 e. The summed E-state index contributed by atoms with van der Waals surface area (Å²) in [6.45, 7) is 4.25. The molecule has 0 bridgehead atoms. The Balaban J connectivity index is 1.54. The van der Waals surface area contributed by atoms with Crippen molar-refractivity contribution in [3.63, 3.8) is 0 Å². The fourth-order valence-electron chi connectivity index (χ4n) is 6.21. The zero-order chi connectivity index (χ0) is 25.9. The van der Waals surface area contributed by atoms with E-state index in [-0.39, 0.29) is 0 Å². The highest BCUT2D eigenvalue weighted by atomic mass is 16.5. The van der Waals surface area contributed by atoms with Crippen LogP contribution in [0.1, 0.15) is 38.9 Å². The van der Waals surface area contributed by atoms with Gasteiger partial charge in [0.1, 0.15) is 11.5 Å². The Morgan fingerprint density at radius 2 is 1.42 bits per heavy atom. The van der Waals surface area contributed by atoms with E-state index in [1.807, 2.05) is 0 Å². The third-order valence-electron chi connectivity index (χ3n) is 8.25. The number of methoxy groups -OCH3 is 1. The molecule has 5 aromatic rings. The average molecular weight is 495 g/mol. The van der Waals surface area contributed by atoms with Crippen molar-refractivity contribution in [2.24, 2.45) is 0 Å². The molecule has 0 fully saturated rings. The second-order valence-electron chi connectivity index (χ2n) is 10.6. The Morgan fingerprint density at radius 1 is 0.737 bits per heavy atom. The number of hydrogen-bond donors (Lipinski definition) is 0. The van der Waals surface area contributed by atoms with Crippen LogP contribution in [-0.4, -0.2) is 7.11 Å². The first-order chi connectivity index (χ1) is 18.6. The molecule has 5 aromatic carbocycles. The maximum Gasteiger partial charge on any atom is 0.178 e. The molecule has 1 aliphatic heterocycles. The summed E-state index contributed by atoms with van der Waals surface area (Å²) in [7, 11) is 1.73. The van der Waals surface area contributed by atoms with Crippen LogP contribution < -0.4 is 9.47 Å². The number of fused-ring (bicyclic) bond motifs is 8. The predicted molar refractivity (Wildman–Crippen MR) is 156 cm³/mol. The SMILES string of the molecule is COc1ccc2c3c(c4c(c2c1)OC(c1ccc(C)cc1)(c1ccc(C)cc1)C=C4)CCc1ccccc1-3. The van der Waals surface area contributed by atoms with Gasteiger partial charge in [0.2, 0.25) is 0 Å². The first-order valence-corrected chi connectivity index (χ1v) is 13.3. The summed E-state index contributed by atoms with van der Waals surface area (Å²) in [5.41, 5.74) is 10.6. The summed E-state index contributed by atoms with van der Waals surface area (Å²) in [6.07, 6.45) is 6.60. The highest BCUT2D eigenvalue weighted by molar-refractivity contribution is 6.06. The fourth-order valence-corrected chi connectivity index (χ4v) is 6.21. The minimum Gasteiger partial charge on any atom is -0.497 e. The van der Waals surface area contributed by atoms with Crippen LogP contribution in [0.5, 0.6) is 11.5 Å². The van der Waals surface area contributed by atoms with Gasteiger partial charge in [0.05, 0.1) is 7.11 Å². The van der Waals surface area contributed by atoms with Gasteiger partial charge in [0.25, 0.3) is 0 Å². The quantitative estimate of drug-likeness (QED) is 0.250. The van der Waals surface area contributed by atoms with Gasteiger partial charge in [-0.15, -0.1) is 0 Å². The van der Waals surface area contributed by atoms with Crippen LogP contribution >= 0.6 is 0 Å². The van der Waals surface area contributed by atoms with Gasteiger partial charge in [-0.1, -0.05) is 90.0 Å². The summed E-state index contributed by atoms with van der Waals surface area (Å²) in [5.74, 6) is 1.76. The van der Waals surface area contributed by atoms with Crippen molar-refractivity contribution < 1.29 is 9.47 Å². The second-order valence-corrected chi connectivity index (χ2v) is 10.6. The molecule has 0 amide bonds. The molecule has 0 radical (unpaired) electrons. The molecule has 2 heteroatoms. The topological polar surface area (TPSA) is 18.5 Å². The maximum atomic E-state index is 7.30. The van der Waals surface area contributed by atoms with E-state index in [1.165, 1.54) is 44.3 Å². The molecule has 0 saturated heterocycles. The normalized spacial score (nSPS) is 14.8. The molecule has 0 N–H and O–H groups in total. The molecule has 7 rings (SSSR count). The monoisotopic (exact) mass is 494 g/mol. The zero-order valence-corrected chi connectivity index (χ0v) is 22.0. The van der Waals surface area contributed by atoms with Gasteiger partial charge < -0.3 is 9.47 Å². The van der Waals surface area contributed by atoms with Gasteiger partial charge in [-0.25, -0.2) is 0 Å². The van der Waals surface area contributed by atoms with Gasteiger partial charge in [-0.2, -0.15) is 0 Å². The van der Waals surface area contributed by atoms with Crippen LogP contribution in [0, 0.1) is 13.8 Å². The van der Waals surface area contributed by atoms with Gasteiger partial charge in [0, 0.05) is 22.1 Å². The minimum atomic E-state index is -0.731. The molecule has 186 valence electrons. The maximum absolute atomic E-state index is 7.30. The van der Waals surface area contributed by atoms with Gasteiger partial charge in [-0.3, -0.25) is 0 Å². The molecule has 2 aliphatic rings. The number of aryl methyl sites for hydroxylation is 3. The van der Waals surface area contributed by atoms with Gasteiger partial charge in [0.15, 0.2) is 5.60 Å². The second kappa shape index (κ2) is 8.63. The molecule has 38 heavy (non-hydrogen) atoms. The van der Waals surface area contributed by atoms with Gasteiger partial charge in [-0.05, 0) is 78.6 Å². The molecule has 0 saturated carbocycles. The van der Waals surface area contributed by atoms with Crippen LogP contribution in [0.15, 0.2) is 97.1 Å². The first kappa shape index (κ1) is 22.9. The third kappa shape index (κ3) is 3.40. The lowest BCUT2D eigenvalue weighted by atomic mass is 9.77. The molecule has 1 aliphatic carbocycles. The van der Waals surface area contributed by atoms with E-state index in [2.05, 4.69) is 117 Å². The van der Waals surface area contributed by atoms with Crippen molar-refractivity contribution in [2.45, 2.75) is 32.3 Å². The molecule has 0 unspecified atom stereocenters. The highest BCUT2D eigenvalue weighted by Gasteiger charge is 2.39. The van der Waals surface area contributed by atoms with Crippen molar-refractivity contribution in [1.29, 1.82) is 0 Å². The largest absolute Gasteiger partial charge is 0.497 e. The first-order valence-electron chi connectivity index (χ1n) is 13.3. The van der Waals surface area contributed by atoms with E-state index < -0.39 is 5.60 Å². The molecule has 1 heterocycles. The van der Waals surface area contributed by atoms with Crippen LogP contribution in [0.25, 0.3) is 28.0 Å². The van der Waals surface area contributed by atoms with E-state index in [9.17, 15) is 0 Å². The summed E-state index contributed by atoms with van der Waals surface area (Å²) >= 11 is 0. The molecular formula is C36H30O2. The van der Waals surface area contributed by atoms with Crippen molar-refractivity contribution >= 4 is 16.8 Å². The lowest BCUT2D eigenvalue weighted by molar-refractivity contribution is 0.163. The summed E-state index contributed by atoms with van der Waals surface area (Å²) in [5, 5.41) is 2.30. The summed E-state index contributed by atoms with van der Waals surface area (Å²) in [6, 6.07) is 32.7. The van der Waals surface area contributed by atoms with Crippen LogP contribution in [0.3, 0.4) is 0 Å². The number of rotatable bonds is 3. The Hall–Kier alpha value is -4.30. The predicted octanol–water partition coefficient (Wildman–Crippen LogP) is 8.58. The summed E-state index contributed by atoms with van der Waals surface area (Å²) in [4.78, 5) is 0. The van der Waals surface area contributed by atoms with E-state index in [0.29, 0.717) is 0 Å². The lowest BCUT2D eigenvalue weighted by Gasteiger charge is -2.38. The molecule has 0 aromatic heterocycles. The van der Waals surface area contributed by atoms with Crippen LogP contribution in [-0.2, 0) is 18.4 Å². The van der Waals surface area contributed by atoms with E-state index in [4.69, 9.17) is 9.47 Å². The summed E-state index contributed by atoms with van der Waals surface area (Å²) < 4.78 is 13.0. The zero-order valence-electron chi connectivity index (χ0n) is 22.0. The van der Waals surface area contributed by atoms with E-state index >= 15 is 0 Å². The van der Waals surface area contributed by atoms with E-state index in [1.54, 1.807) is 7.11 Å². The molecule has 0 spiro atoms. The van der Waals surface area contributed by atoms with Crippen molar-refractivity contribution in [3.8, 4) is 22.6 Å². The van der Waals surface area contributed by atoms with Crippen LogP contribution in [0.4, 0.5) is 0 Å². The Kier molecular flexibility index (Phi) is 5.19. The van der Waals surface area contributed by atoms with Crippen molar-refractivity contribution in [1.82, 2.24) is 0 Å². The lowest BCUT2D eigenvalue weighted by Crippen LogP contribution is -2.34. The average Bonchev–Trinajstić information content (AvgIpc) is 2.97. The molecule has 0 atom stereocenters. The van der Waals surface area contributed by atoms with E-state index in [0.717, 1.165) is 40.9 Å². The minimum absolute atomic E-state index is 0.731. The Bertz CT molecular complexity index is 1680.